The van der Waals surface area contributed by atoms with Crippen molar-refractivity contribution in [3.05, 3.63) is 71.8 Å². The lowest BCUT2D eigenvalue weighted by Crippen LogP contribution is -2.46. The van der Waals surface area contributed by atoms with Gasteiger partial charge in [0.1, 0.15) is 6.61 Å². The molecule has 7 nitrogen and oxygen atoms in total. The van der Waals surface area contributed by atoms with Crippen LogP contribution in [-0.2, 0) is 32.0 Å². The smallest absolute Gasteiger partial charge is 0.416 e. The third-order valence-electron chi connectivity index (χ3n) is 6.06. The Hall–Kier alpha value is -3.19. The van der Waals surface area contributed by atoms with Crippen LogP contribution < -0.4 is 0 Å². The van der Waals surface area contributed by atoms with Crippen LogP contribution in [0, 0.1) is 11.8 Å². The molecule has 0 bridgehead atoms. The third kappa shape index (κ3) is 4.83. The molecule has 0 spiro atoms. The van der Waals surface area contributed by atoms with Gasteiger partial charge in [-0.2, -0.15) is 0 Å². The van der Waals surface area contributed by atoms with Crippen molar-refractivity contribution in [2.75, 3.05) is 26.3 Å². The molecule has 2 heterocycles. The zero-order valence-corrected chi connectivity index (χ0v) is 18.2. The summed E-state index contributed by atoms with van der Waals surface area (Å²) >= 11 is 0. The maximum absolute atomic E-state index is 13.6. The number of carbonyl (C=O) groups excluding carboxylic acids is 3. The SMILES string of the molecule is CCOC(=O)[C@@H]1CN(Cc2ccccc2)C[C@@H]1C(=O)N1C(=O)OC[C@@H]1Cc1ccccc1. The maximum Gasteiger partial charge on any atom is 0.416 e. The second-order valence-electron chi connectivity index (χ2n) is 8.27. The highest BCUT2D eigenvalue weighted by molar-refractivity contribution is 5.97. The maximum atomic E-state index is 13.6. The molecule has 7 heteroatoms. The fourth-order valence-corrected chi connectivity index (χ4v) is 4.54. The van der Waals surface area contributed by atoms with Gasteiger partial charge in [-0.25, -0.2) is 9.69 Å². The minimum atomic E-state index is -0.651. The summed E-state index contributed by atoms with van der Waals surface area (Å²) in [6.45, 7) is 3.58. The third-order valence-corrected chi connectivity index (χ3v) is 6.06. The van der Waals surface area contributed by atoms with Crippen molar-refractivity contribution in [3.63, 3.8) is 0 Å². The summed E-state index contributed by atoms with van der Waals surface area (Å²) < 4.78 is 10.5. The fraction of sp³-hybridized carbons (Fsp3) is 0.400. The van der Waals surface area contributed by atoms with Gasteiger partial charge in [-0.05, 0) is 24.5 Å². The number of imide groups is 1. The van der Waals surface area contributed by atoms with Crippen LogP contribution >= 0.6 is 0 Å². The van der Waals surface area contributed by atoms with E-state index in [4.69, 9.17) is 9.47 Å². The van der Waals surface area contributed by atoms with Gasteiger partial charge in [0, 0.05) is 19.6 Å². The van der Waals surface area contributed by atoms with Crippen LogP contribution in [0.2, 0.25) is 0 Å². The van der Waals surface area contributed by atoms with Gasteiger partial charge >= 0.3 is 12.1 Å². The zero-order valence-electron chi connectivity index (χ0n) is 18.2. The first-order valence-electron chi connectivity index (χ1n) is 11.0. The highest BCUT2D eigenvalue weighted by Crippen LogP contribution is 2.30. The van der Waals surface area contributed by atoms with Gasteiger partial charge in [0.05, 0.1) is 24.5 Å². The van der Waals surface area contributed by atoms with E-state index in [2.05, 4.69) is 4.90 Å². The number of cyclic esters (lactones) is 1. The van der Waals surface area contributed by atoms with Gasteiger partial charge in [0.25, 0.3) is 0 Å². The number of nitrogens with zero attached hydrogens (tertiary/aromatic N) is 2. The molecule has 3 atom stereocenters. The van der Waals surface area contributed by atoms with E-state index in [1.165, 1.54) is 4.90 Å². The van der Waals surface area contributed by atoms with Crippen molar-refractivity contribution < 1.29 is 23.9 Å². The van der Waals surface area contributed by atoms with E-state index in [0.29, 0.717) is 26.1 Å². The number of benzene rings is 2. The molecule has 0 aliphatic carbocycles. The first kappa shape index (κ1) is 22.0. The van der Waals surface area contributed by atoms with Crippen molar-refractivity contribution in [2.24, 2.45) is 11.8 Å². The number of amides is 2. The number of rotatable bonds is 7. The molecule has 0 saturated carbocycles. The molecule has 2 aromatic carbocycles. The predicted octanol–water partition coefficient (Wildman–Crippen LogP) is 2.89. The van der Waals surface area contributed by atoms with Gasteiger partial charge in [-0.1, -0.05) is 60.7 Å². The van der Waals surface area contributed by atoms with Crippen LogP contribution in [0.3, 0.4) is 0 Å². The molecule has 2 saturated heterocycles. The summed E-state index contributed by atoms with van der Waals surface area (Å²) in [5.41, 5.74) is 2.12. The Morgan fingerprint density at radius 1 is 0.969 bits per heavy atom. The van der Waals surface area contributed by atoms with E-state index in [9.17, 15) is 14.4 Å². The average Bonchev–Trinajstić information content (AvgIpc) is 3.38. The Morgan fingerprint density at radius 2 is 1.59 bits per heavy atom. The van der Waals surface area contributed by atoms with Gasteiger partial charge < -0.3 is 9.47 Å². The molecule has 2 aromatic rings. The largest absolute Gasteiger partial charge is 0.466 e. The van der Waals surface area contributed by atoms with E-state index in [1.807, 2.05) is 60.7 Å². The standard InChI is InChI=1S/C25H28N2O5/c1-2-31-24(29)22-16-26(14-19-11-7-4-8-12-19)15-21(22)23(28)27-20(17-32-25(27)30)13-18-9-5-3-6-10-18/h3-12,20-22H,2,13-17H2,1H3/t20-,21-,22+/m0/s1. The lowest BCUT2D eigenvalue weighted by atomic mass is 9.93. The molecule has 0 N–H and O–H groups in total. The Morgan fingerprint density at radius 3 is 2.25 bits per heavy atom. The summed E-state index contributed by atoms with van der Waals surface area (Å²) in [6.07, 6.45) is -0.122. The van der Waals surface area contributed by atoms with E-state index in [0.717, 1.165) is 11.1 Å². The monoisotopic (exact) mass is 436 g/mol. The summed E-state index contributed by atoms with van der Waals surface area (Å²) in [5.74, 6) is -2.02. The Bertz CT molecular complexity index is 949. The van der Waals surface area contributed by atoms with Gasteiger partial charge in [-0.3, -0.25) is 14.5 Å². The first-order valence-corrected chi connectivity index (χ1v) is 11.0. The molecular formula is C25H28N2O5. The van der Waals surface area contributed by atoms with Crippen molar-refractivity contribution in [1.82, 2.24) is 9.80 Å². The lowest BCUT2D eigenvalue weighted by Gasteiger charge is -2.25. The minimum absolute atomic E-state index is 0.157. The molecular weight excluding hydrogens is 408 g/mol. The Kier molecular flexibility index (Phi) is 6.85. The van der Waals surface area contributed by atoms with E-state index in [-0.39, 0.29) is 25.2 Å². The number of esters is 1. The van der Waals surface area contributed by atoms with Crippen LogP contribution in [0.4, 0.5) is 4.79 Å². The number of hydrogen-bond acceptors (Lipinski definition) is 6. The summed E-state index contributed by atoms with van der Waals surface area (Å²) in [7, 11) is 0. The summed E-state index contributed by atoms with van der Waals surface area (Å²) in [5, 5.41) is 0. The van der Waals surface area contributed by atoms with Gasteiger partial charge in [0.2, 0.25) is 5.91 Å². The quantitative estimate of drug-likeness (QED) is 0.622. The van der Waals surface area contributed by atoms with Crippen molar-refractivity contribution >= 4 is 18.0 Å². The van der Waals surface area contributed by atoms with Crippen molar-refractivity contribution in [1.29, 1.82) is 0 Å². The second-order valence-corrected chi connectivity index (χ2v) is 8.27. The number of ether oxygens (including phenoxy) is 2. The molecule has 168 valence electrons. The van der Waals surface area contributed by atoms with Crippen molar-refractivity contribution in [2.45, 2.75) is 25.9 Å². The number of carbonyl (C=O) groups is 3. The molecule has 0 radical (unpaired) electrons. The molecule has 2 aliphatic rings. The van der Waals surface area contributed by atoms with E-state index >= 15 is 0 Å². The van der Waals surface area contributed by atoms with Crippen LogP contribution in [0.25, 0.3) is 0 Å². The fourth-order valence-electron chi connectivity index (χ4n) is 4.54. The van der Waals surface area contributed by atoms with Crippen LogP contribution in [-0.4, -0.2) is 60.1 Å². The number of hydrogen-bond donors (Lipinski definition) is 0. The van der Waals surface area contributed by atoms with E-state index in [1.54, 1.807) is 6.92 Å². The minimum Gasteiger partial charge on any atom is -0.466 e. The molecule has 2 amide bonds. The average molecular weight is 437 g/mol. The molecule has 4 rings (SSSR count). The zero-order chi connectivity index (χ0) is 22.5. The Labute approximate surface area is 187 Å². The summed E-state index contributed by atoms with van der Waals surface area (Å²) in [6, 6.07) is 19.2. The van der Waals surface area contributed by atoms with Crippen molar-refractivity contribution in [3.8, 4) is 0 Å². The predicted molar refractivity (Wildman–Crippen MR) is 117 cm³/mol. The molecule has 0 aromatic heterocycles. The normalized spacial score (nSPS) is 23.2. The van der Waals surface area contributed by atoms with E-state index < -0.39 is 23.9 Å². The molecule has 2 aliphatic heterocycles. The number of likely N-dealkylation sites (tertiary alicyclic amines) is 1. The lowest BCUT2D eigenvalue weighted by molar-refractivity contribution is -0.152. The first-order chi connectivity index (χ1) is 15.6. The topological polar surface area (TPSA) is 76.2 Å². The summed E-state index contributed by atoms with van der Waals surface area (Å²) in [4.78, 5) is 42.1. The van der Waals surface area contributed by atoms with Gasteiger partial charge in [-0.15, -0.1) is 0 Å². The van der Waals surface area contributed by atoms with Crippen LogP contribution in [0.1, 0.15) is 18.1 Å². The Balaban J connectivity index is 1.52. The molecule has 32 heavy (non-hydrogen) atoms. The highest BCUT2D eigenvalue weighted by Gasteiger charge is 2.48. The highest BCUT2D eigenvalue weighted by atomic mass is 16.6. The van der Waals surface area contributed by atoms with Gasteiger partial charge in [0.15, 0.2) is 0 Å². The molecule has 2 fully saturated rings. The van der Waals surface area contributed by atoms with Crippen LogP contribution in [0.15, 0.2) is 60.7 Å². The second kappa shape index (κ2) is 9.96. The molecule has 0 unspecified atom stereocenters. The van der Waals surface area contributed by atoms with Crippen LogP contribution in [0.5, 0.6) is 0 Å².